The molecule has 2 aromatic carbocycles. The quantitative estimate of drug-likeness (QED) is 0.359. The van der Waals surface area contributed by atoms with Crippen molar-refractivity contribution in [1.82, 2.24) is 14.9 Å². The number of nitrogens with zero attached hydrogens (tertiary/aromatic N) is 1. The molecule has 2 atom stereocenters. The Balaban J connectivity index is 1.76. The summed E-state index contributed by atoms with van der Waals surface area (Å²) in [5, 5.41) is 6.86. The second-order valence-electron chi connectivity index (χ2n) is 7.88. The van der Waals surface area contributed by atoms with Gasteiger partial charge in [0.25, 0.3) is 4.84 Å². The molecule has 0 spiro atoms. The molecule has 0 saturated carbocycles. The monoisotopic (exact) mass is 491 g/mol. The number of carbonyl (C=O) groups excluding carboxylic acids is 1. The first-order chi connectivity index (χ1) is 15.2. The predicted molar refractivity (Wildman–Crippen MR) is 123 cm³/mol. The summed E-state index contributed by atoms with van der Waals surface area (Å²) >= 11 is 11.1. The number of ketones is 1. The maximum atomic E-state index is 13.3. The normalized spacial score (nSPS) is 15.3. The molecule has 0 radical (unpaired) electrons. The molecular weight excluding hydrogens is 470 g/mol. The Hall–Kier alpha value is -2.33. The summed E-state index contributed by atoms with van der Waals surface area (Å²) in [5.41, 5.74) is 3.70. The smallest absolute Gasteiger partial charge is 0.284 e. The summed E-state index contributed by atoms with van der Waals surface area (Å²) < 4.78 is 34.8. The van der Waals surface area contributed by atoms with E-state index in [1.165, 1.54) is 36.2 Å². The molecule has 0 unspecified atom stereocenters. The van der Waals surface area contributed by atoms with Crippen LogP contribution in [0.4, 0.5) is 0 Å². The van der Waals surface area contributed by atoms with Crippen molar-refractivity contribution >= 4 is 39.6 Å². The molecule has 1 heterocycles. The molecule has 168 valence electrons. The van der Waals surface area contributed by atoms with Crippen LogP contribution < -0.4 is 4.72 Å². The second kappa shape index (κ2) is 8.90. The number of Topliss-reactive ketones (excluding diaryl/α,β-unsaturated/α-hetero) is 1. The van der Waals surface area contributed by atoms with Gasteiger partial charge in [-0.3, -0.25) is 4.79 Å². The number of hydrogen-bond donors (Lipinski definition) is 2. The molecular formula is C22H22ClN3O4S2. The minimum Gasteiger partial charge on any atom is -0.412 e. The molecule has 0 bridgehead atoms. The van der Waals surface area contributed by atoms with Crippen molar-refractivity contribution in [3.63, 3.8) is 0 Å². The van der Waals surface area contributed by atoms with Gasteiger partial charge in [-0.05, 0) is 73.3 Å². The number of hydrogen-bond acceptors (Lipinski definition) is 6. The van der Waals surface area contributed by atoms with Crippen LogP contribution in [0.25, 0.3) is 0 Å². The average Bonchev–Trinajstić information content (AvgIpc) is 3.40. The molecule has 3 aromatic rings. The molecule has 32 heavy (non-hydrogen) atoms. The summed E-state index contributed by atoms with van der Waals surface area (Å²) in [4.78, 5) is 11.8. The number of aryl methyl sites for hydroxylation is 1. The lowest BCUT2D eigenvalue weighted by Crippen LogP contribution is -2.32. The number of H-pyrrole nitrogens is 1. The molecule has 7 nitrogen and oxygen atoms in total. The SMILES string of the molecule is CC(=O)c1cc(S(=O)(=O)N[C@H](c2n[nH]c(=S)o2)[C@H](C)c2cccc3c2CCC3)ccc1Cl. The highest BCUT2D eigenvalue weighted by Crippen LogP contribution is 2.37. The van der Waals surface area contributed by atoms with Crippen LogP contribution in [0, 0.1) is 4.84 Å². The number of nitrogens with one attached hydrogen (secondary N) is 2. The zero-order valence-corrected chi connectivity index (χ0v) is 19.9. The highest BCUT2D eigenvalue weighted by atomic mass is 35.5. The van der Waals surface area contributed by atoms with E-state index in [2.05, 4.69) is 21.0 Å². The van der Waals surface area contributed by atoms with Gasteiger partial charge in [0, 0.05) is 11.5 Å². The molecule has 1 aliphatic rings. The molecule has 0 aliphatic heterocycles. The summed E-state index contributed by atoms with van der Waals surface area (Å²) in [6.07, 6.45) is 3.02. The molecule has 0 fully saturated rings. The van der Waals surface area contributed by atoms with Crippen LogP contribution >= 0.6 is 23.8 Å². The first-order valence-electron chi connectivity index (χ1n) is 10.2. The van der Waals surface area contributed by atoms with Crippen LogP contribution in [0.15, 0.2) is 45.7 Å². The zero-order chi connectivity index (χ0) is 23.0. The number of aromatic amines is 1. The highest BCUT2D eigenvalue weighted by molar-refractivity contribution is 7.89. The van der Waals surface area contributed by atoms with Gasteiger partial charge in [-0.15, -0.1) is 5.10 Å². The van der Waals surface area contributed by atoms with E-state index in [0.29, 0.717) is 0 Å². The maximum absolute atomic E-state index is 13.3. The average molecular weight is 492 g/mol. The lowest BCUT2D eigenvalue weighted by atomic mass is 9.88. The fourth-order valence-corrected chi connectivity index (χ4v) is 5.85. The van der Waals surface area contributed by atoms with E-state index in [0.717, 1.165) is 24.8 Å². The number of halogens is 1. The van der Waals surface area contributed by atoms with Crippen LogP contribution in [0.3, 0.4) is 0 Å². The van der Waals surface area contributed by atoms with Gasteiger partial charge in [0.2, 0.25) is 15.9 Å². The van der Waals surface area contributed by atoms with Crippen LogP contribution in [0.2, 0.25) is 5.02 Å². The summed E-state index contributed by atoms with van der Waals surface area (Å²) in [7, 11) is -4.05. The van der Waals surface area contributed by atoms with Gasteiger partial charge < -0.3 is 4.42 Å². The van der Waals surface area contributed by atoms with Gasteiger partial charge in [-0.1, -0.05) is 36.7 Å². The Labute approximate surface area is 196 Å². The summed E-state index contributed by atoms with van der Waals surface area (Å²) in [6, 6.07) is 9.31. The molecule has 1 aliphatic carbocycles. The molecule has 2 N–H and O–H groups in total. The third kappa shape index (κ3) is 4.43. The van der Waals surface area contributed by atoms with Gasteiger partial charge in [0.05, 0.1) is 9.92 Å². The first-order valence-corrected chi connectivity index (χ1v) is 12.4. The van der Waals surface area contributed by atoms with Crippen molar-refractivity contribution in [3.05, 3.63) is 74.4 Å². The van der Waals surface area contributed by atoms with E-state index in [9.17, 15) is 13.2 Å². The van der Waals surface area contributed by atoms with Gasteiger partial charge in [-0.2, -0.15) is 4.72 Å². The van der Waals surface area contributed by atoms with E-state index in [4.69, 9.17) is 28.2 Å². The van der Waals surface area contributed by atoms with Crippen molar-refractivity contribution in [2.45, 2.75) is 50.0 Å². The van der Waals surface area contributed by atoms with Crippen LogP contribution in [-0.4, -0.2) is 24.4 Å². The predicted octanol–water partition coefficient (Wildman–Crippen LogP) is 4.90. The molecule has 10 heteroatoms. The largest absolute Gasteiger partial charge is 0.412 e. The lowest BCUT2D eigenvalue weighted by Gasteiger charge is -2.24. The first kappa shape index (κ1) is 22.8. The van der Waals surface area contributed by atoms with E-state index in [1.807, 2.05) is 19.1 Å². The molecule has 0 amide bonds. The number of carbonyl (C=O) groups is 1. The van der Waals surface area contributed by atoms with Crippen molar-refractivity contribution in [3.8, 4) is 0 Å². The number of sulfonamides is 1. The maximum Gasteiger partial charge on any atom is 0.284 e. The van der Waals surface area contributed by atoms with Gasteiger partial charge in [0.1, 0.15) is 6.04 Å². The number of aromatic nitrogens is 2. The fourth-order valence-electron chi connectivity index (χ4n) is 4.17. The number of fused-ring (bicyclic) bond motifs is 1. The minimum absolute atomic E-state index is 0.0556. The van der Waals surface area contributed by atoms with Gasteiger partial charge >= 0.3 is 0 Å². The van der Waals surface area contributed by atoms with Crippen LogP contribution in [-0.2, 0) is 22.9 Å². The number of rotatable bonds is 7. The topological polar surface area (TPSA) is 105 Å². The van der Waals surface area contributed by atoms with Gasteiger partial charge in [-0.25, -0.2) is 13.5 Å². The highest BCUT2D eigenvalue weighted by Gasteiger charge is 2.33. The minimum atomic E-state index is -4.05. The lowest BCUT2D eigenvalue weighted by molar-refractivity contribution is 0.101. The molecule has 4 rings (SSSR count). The fraction of sp³-hybridized carbons (Fsp3) is 0.318. The van der Waals surface area contributed by atoms with E-state index in [-0.39, 0.29) is 37.9 Å². The van der Waals surface area contributed by atoms with Crippen LogP contribution in [0.1, 0.15) is 65.2 Å². The zero-order valence-electron chi connectivity index (χ0n) is 17.5. The van der Waals surface area contributed by atoms with Crippen molar-refractivity contribution < 1.29 is 17.6 Å². The van der Waals surface area contributed by atoms with E-state index < -0.39 is 16.1 Å². The Bertz CT molecular complexity index is 1350. The Morgan fingerprint density at radius 3 is 2.75 bits per heavy atom. The Kier molecular flexibility index (Phi) is 6.35. The molecule has 1 aromatic heterocycles. The Morgan fingerprint density at radius 2 is 2.06 bits per heavy atom. The summed E-state index contributed by atoms with van der Waals surface area (Å²) in [5.74, 6) is -0.476. The van der Waals surface area contributed by atoms with Gasteiger partial charge in [0.15, 0.2) is 5.78 Å². The van der Waals surface area contributed by atoms with E-state index in [1.54, 1.807) is 0 Å². The summed E-state index contributed by atoms with van der Waals surface area (Å²) in [6.45, 7) is 3.26. The van der Waals surface area contributed by atoms with E-state index >= 15 is 0 Å². The van der Waals surface area contributed by atoms with Crippen LogP contribution in [0.5, 0.6) is 0 Å². The van der Waals surface area contributed by atoms with Crippen molar-refractivity contribution in [2.24, 2.45) is 0 Å². The third-order valence-corrected chi connectivity index (χ3v) is 7.75. The third-order valence-electron chi connectivity index (χ3n) is 5.80. The molecule has 0 saturated heterocycles. The van der Waals surface area contributed by atoms with Crippen molar-refractivity contribution in [2.75, 3.05) is 0 Å². The van der Waals surface area contributed by atoms with Crippen molar-refractivity contribution in [1.29, 1.82) is 0 Å². The second-order valence-corrected chi connectivity index (χ2v) is 10.4. The Morgan fingerprint density at radius 1 is 1.28 bits per heavy atom. The standard InChI is InChI=1S/C22H22ClN3O4S2/c1-12(16-7-3-5-14-6-4-8-17(14)16)20(21-24-25-22(31)30-21)26-32(28,29)15-9-10-19(23)18(11-15)13(2)27/h3,5,7,9-12,20,26H,4,6,8H2,1-2H3,(H,25,31)/t12-,20+/m1/s1. The number of benzene rings is 2.